The SMILES string of the molecule is COC(=O)Cc1c(O)cncc1C#N. The molecule has 0 aromatic carbocycles. The predicted octanol–water partition coefficient (Wildman–Crippen LogP) is 0.374. The van der Waals surface area contributed by atoms with Gasteiger partial charge in [-0.3, -0.25) is 9.78 Å². The Morgan fingerprint density at radius 1 is 1.71 bits per heavy atom. The van der Waals surface area contributed by atoms with Crippen LogP contribution < -0.4 is 0 Å². The molecule has 1 heterocycles. The molecular formula is C9H8N2O3. The van der Waals surface area contributed by atoms with Crippen LogP contribution in [-0.4, -0.2) is 23.2 Å². The van der Waals surface area contributed by atoms with Gasteiger partial charge in [0.1, 0.15) is 11.8 Å². The second kappa shape index (κ2) is 4.23. The van der Waals surface area contributed by atoms with Gasteiger partial charge >= 0.3 is 5.97 Å². The molecular weight excluding hydrogens is 184 g/mol. The number of rotatable bonds is 2. The zero-order valence-corrected chi connectivity index (χ0v) is 7.52. The number of nitrogens with zero attached hydrogens (tertiary/aromatic N) is 2. The van der Waals surface area contributed by atoms with Gasteiger partial charge in [-0.2, -0.15) is 5.26 Å². The van der Waals surface area contributed by atoms with Crippen LogP contribution in [0.15, 0.2) is 12.4 Å². The predicted molar refractivity (Wildman–Crippen MR) is 46.3 cm³/mol. The lowest BCUT2D eigenvalue weighted by Gasteiger charge is -2.03. The highest BCUT2D eigenvalue weighted by atomic mass is 16.5. The molecule has 1 aromatic rings. The van der Waals surface area contributed by atoms with E-state index in [1.54, 1.807) is 0 Å². The standard InChI is InChI=1S/C9H8N2O3/c1-14-9(13)2-7-6(3-10)4-11-5-8(7)12/h4-5,12H,2H2,1H3. The molecule has 0 saturated carbocycles. The van der Waals surface area contributed by atoms with Crippen LogP contribution in [0, 0.1) is 11.3 Å². The molecule has 0 saturated heterocycles. The van der Waals surface area contributed by atoms with E-state index in [1.807, 2.05) is 6.07 Å². The molecule has 72 valence electrons. The van der Waals surface area contributed by atoms with Crippen LogP contribution in [-0.2, 0) is 16.0 Å². The lowest BCUT2D eigenvalue weighted by Crippen LogP contribution is -2.06. The third kappa shape index (κ3) is 1.98. The van der Waals surface area contributed by atoms with Crippen molar-refractivity contribution in [2.75, 3.05) is 7.11 Å². The molecule has 0 amide bonds. The number of esters is 1. The van der Waals surface area contributed by atoms with Crippen molar-refractivity contribution in [1.29, 1.82) is 5.26 Å². The van der Waals surface area contributed by atoms with Crippen molar-refractivity contribution < 1.29 is 14.6 Å². The van der Waals surface area contributed by atoms with Crippen molar-refractivity contribution in [3.8, 4) is 11.8 Å². The van der Waals surface area contributed by atoms with Crippen LogP contribution in [0.4, 0.5) is 0 Å². The van der Waals surface area contributed by atoms with Crippen molar-refractivity contribution in [2.45, 2.75) is 6.42 Å². The molecule has 0 unspecified atom stereocenters. The summed E-state index contributed by atoms with van der Waals surface area (Å²) in [4.78, 5) is 14.6. The van der Waals surface area contributed by atoms with E-state index in [2.05, 4.69) is 9.72 Å². The van der Waals surface area contributed by atoms with Gasteiger partial charge in [0.15, 0.2) is 0 Å². The summed E-state index contributed by atoms with van der Waals surface area (Å²) in [5, 5.41) is 18.0. The van der Waals surface area contributed by atoms with Crippen LogP contribution in [0.5, 0.6) is 5.75 Å². The van der Waals surface area contributed by atoms with Crippen molar-refractivity contribution >= 4 is 5.97 Å². The Hall–Kier alpha value is -2.09. The van der Waals surface area contributed by atoms with Gasteiger partial charge in [0, 0.05) is 11.8 Å². The molecule has 14 heavy (non-hydrogen) atoms. The van der Waals surface area contributed by atoms with Crippen molar-refractivity contribution in [2.24, 2.45) is 0 Å². The zero-order valence-electron chi connectivity index (χ0n) is 7.52. The lowest BCUT2D eigenvalue weighted by molar-refractivity contribution is -0.139. The number of hydrogen-bond acceptors (Lipinski definition) is 5. The van der Waals surface area contributed by atoms with E-state index in [9.17, 15) is 9.90 Å². The number of aromatic hydroxyl groups is 1. The van der Waals surface area contributed by atoms with Crippen molar-refractivity contribution in [3.63, 3.8) is 0 Å². The number of carbonyl (C=O) groups is 1. The Morgan fingerprint density at radius 3 is 3.00 bits per heavy atom. The molecule has 0 bridgehead atoms. The molecule has 0 aliphatic rings. The molecule has 1 rings (SSSR count). The van der Waals surface area contributed by atoms with Crippen LogP contribution in [0.2, 0.25) is 0 Å². The molecule has 0 aliphatic heterocycles. The van der Waals surface area contributed by atoms with Crippen LogP contribution in [0.1, 0.15) is 11.1 Å². The number of methoxy groups -OCH3 is 1. The fourth-order valence-corrected chi connectivity index (χ4v) is 0.975. The summed E-state index contributed by atoms with van der Waals surface area (Å²) in [7, 11) is 1.24. The van der Waals surface area contributed by atoms with E-state index in [0.29, 0.717) is 0 Å². The fraction of sp³-hybridized carbons (Fsp3) is 0.222. The number of ether oxygens (including phenoxy) is 1. The number of pyridine rings is 1. The maximum absolute atomic E-state index is 10.9. The Bertz CT molecular complexity index is 396. The monoisotopic (exact) mass is 192 g/mol. The molecule has 5 nitrogen and oxygen atoms in total. The Kier molecular flexibility index (Phi) is 3.02. The number of carbonyl (C=O) groups excluding carboxylic acids is 1. The van der Waals surface area contributed by atoms with Gasteiger partial charge < -0.3 is 9.84 Å². The highest BCUT2D eigenvalue weighted by Gasteiger charge is 2.12. The first-order valence-electron chi connectivity index (χ1n) is 3.81. The maximum atomic E-state index is 10.9. The Morgan fingerprint density at radius 2 is 2.43 bits per heavy atom. The fourth-order valence-electron chi connectivity index (χ4n) is 0.975. The highest BCUT2D eigenvalue weighted by Crippen LogP contribution is 2.19. The smallest absolute Gasteiger partial charge is 0.310 e. The summed E-state index contributed by atoms with van der Waals surface area (Å²) in [6.45, 7) is 0. The molecule has 1 N–H and O–H groups in total. The van der Waals surface area contributed by atoms with E-state index in [0.717, 1.165) is 0 Å². The molecule has 0 radical (unpaired) electrons. The topological polar surface area (TPSA) is 83.2 Å². The normalized spacial score (nSPS) is 9.14. The average Bonchev–Trinajstić information content (AvgIpc) is 2.20. The second-order valence-corrected chi connectivity index (χ2v) is 2.55. The molecule has 5 heteroatoms. The minimum Gasteiger partial charge on any atom is -0.506 e. The maximum Gasteiger partial charge on any atom is 0.310 e. The lowest BCUT2D eigenvalue weighted by atomic mass is 10.1. The van der Waals surface area contributed by atoms with Gasteiger partial charge in [0.05, 0.1) is 25.3 Å². The van der Waals surface area contributed by atoms with E-state index in [-0.39, 0.29) is 23.3 Å². The van der Waals surface area contributed by atoms with Crippen molar-refractivity contribution in [1.82, 2.24) is 4.98 Å². The van der Waals surface area contributed by atoms with Gasteiger partial charge in [-0.05, 0) is 0 Å². The van der Waals surface area contributed by atoms with Crippen LogP contribution in [0.25, 0.3) is 0 Å². The second-order valence-electron chi connectivity index (χ2n) is 2.55. The van der Waals surface area contributed by atoms with Crippen LogP contribution >= 0.6 is 0 Å². The first-order chi connectivity index (χ1) is 6.69. The Balaban J connectivity index is 3.06. The van der Waals surface area contributed by atoms with Crippen molar-refractivity contribution in [3.05, 3.63) is 23.5 Å². The largest absolute Gasteiger partial charge is 0.506 e. The Labute approximate surface area is 80.6 Å². The summed E-state index contributed by atoms with van der Waals surface area (Å²) >= 11 is 0. The third-order valence-corrected chi connectivity index (χ3v) is 1.70. The van der Waals surface area contributed by atoms with E-state index in [4.69, 9.17) is 5.26 Å². The van der Waals surface area contributed by atoms with Gasteiger partial charge in [0.25, 0.3) is 0 Å². The summed E-state index contributed by atoms with van der Waals surface area (Å²) in [5.74, 6) is -0.683. The van der Waals surface area contributed by atoms with Crippen LogP contribution in [0.3, 0.4) is 0 Å². The highest BCUT2D eigenvalue weighted by molar-refractivity contribution is 5.74. The minimum absolute atomic E-state index is 0.131. The average molecular weight is 192 g/mol. The number of aromatic nitrogens is 1. The van der Waals surface area contributed by atoms with E-state index >= 15 is 0 Å². The summed E-state index contributed by atoms with van der Waals surface area (Å²) in [6, 6.07) is 1.84. The molecule has 0 fully saturated rings. The summed E-state index contributed by atoms with van der Waals surface area (Å²) < 4.78 is 4.43. The van der Waals surface area contributed by atoms with Gasteiger partial charge in [-0.15, -0.1) is 0 Å². The van der Waals surface area contributed by atoms with Gasteiger partial charge in [0.2, 0.25) is 0 Å². The summed E-state index contributed by atoms with van der Waals surface area (Å²) in [5.41, 5.74) is 0.421. The van der Waals surface area contributed by atoms with E-state index in [1.165, 1.54) is 19.5 Å². The van der Waals surface area contributed by atoms with Gasteiger partial charge in [-0.1, -0.05) is 0 Å². The first-order valence-corrected chi connectivity index (χ1v) is 3.81. The first kappa shape index (κ1) is 9.99. The minimum atomic E-state index is -0.511. The molecule has 0 aliphatic carbocycles. The molecule has 0 atom stereocenters. The van der Waals surface area contributed by atoms with Gasteiger partial charge in [-0.25, -0.2) is 0 Å². The molecule has 1 aromatic heterocycles. The quantitative estimate of drug-likeness (QED) is 0.684. The number of hydrogen-bond donors (Lipinski definition) is 1. The molecule has 0 spiro atoms. The zero-order chi connectivity index (χ0) is 10.6. The van der Waals surface area contributed by atoms with E-state index < -0.39 is 5.97 Å². The third-order valence-electron chi connectivity index (χ3n) is 1.70. The summed E-state index contributed by atoms with van der Waals surface area (Å²) in [6.07, 6.45) is 2.34. The number of nitriles is 1.